The van der Waals surface area contributed by atoms with Crippen molar-refractivity contribution in [2.75, 3.05) is 6.54 Å². The van der Waals surface area contributed by atoms with Crippen LogP contribution >= 0.6 is 0 Å². The number of benzene rings is 3. The van der Waals surface area contributed by atoms with E-state index in [2.05, 4.69) is 0 Å². The highest BCUT2D eigenvalue weighted by Gasteiger charge is 2.47. The lowest BCUT2D eigenvalue weighted by Crippen LogP contribution is -2.51. The van der Waals surface area contributed by atoms with Gasteiger partial charge in [0.05, 0.1) is 12.1 Å². The summed E-state index contributed by atoms with van der Waals surface area (Å²) in [4.78, 5) is 17.9. The maximum atomic E-state index is 14.2. The normalized spacial score (nSPS) is 24.9. The minimum absolute atomic E-state index is 0.0989. The molecule has 5 rings (SSSR count). The molecular formula is C30H34N2O3. The number of carbonyl (C=O) groups is 1. The molecule has 2 N–H and O–H groups in total. The molecule has 1 saturated heterocycles. The summed E-state index contributed by atoms with van der Waals surface area (Å²) in [5.41, 5.74) is 3.09. The third-order valence-electron chi connectivity index (χ3n) is 7.35. The molecule has 182 valence electrons. The molecule has 0 bridgehead atoms. The summed E-state index contributed by atoms with van der Waals surface area (Å²) in [5.74, 6) is 0.464. The SMILES string of the molecule is O=C1N(Cc2ccccc2)[C@H](Cc2ccccc2)[C@H](O)[C@@H](O)[C@@H](Cc2ccccc2)N1CC1CC1. The lowest BCUT2D eigenvalue weighted by atomic mass is 9.91. The molecule has 1 aliphatic heterocycles. The van der Waals surface area contributed by atoms with Crippen LogP contribution in [0, 0.1) is 5.92 Å². The average molecular weight is 471 g/mol. The van der Waals surface area contributed by atoms with Crippen molar-refractivity contribution in [1.29, 1.82) is 0 Å². The molecule has 0 radical (unpaired) electrons. The number of amides is 2. The van der Waals surface area contributed by atoms with Crippen molar-refractivity contribution in [3.05, 3.63) is 108 Å². The second-order valence-corrected chi connectivity index (χ2v) is 9.99. The van der Waals surface area contributed by atoms with Crippen molar-refractivity contribution >= 4 is 6.03 Å². The minimum atomic E-state index is -1.07. The molecule has 5 nitrogen and oxygen atoms in total. The van der Waals surface area contributed by atoms with E-state index < -0.39 is 24.3 Å². The maximum Gasteiger partial charge on any atom is 0.321 e. The lowest BCUT2D eigenvalue weighted by molar-refractivity contribution is -0.0404. The van der Waals surface area contributed by atoms with Gasteiger partial charge < -0.3 is 20.0 Å². The number of urea groups is 1. The van der Waals surface area contributed by atoms with Crippen molar-refractivity contribution < 1.29 is 15.0 Å². The molecule has 0 aromatic heterocycles. The van der Waals surface area contributed by atoms with E-state index in [-0.39, 0.29) is 6.03 Å². The van der Waals surface area contributed by atoms with Crippen LogP contribution in [-0.2, 0) is 19.4 Å². The first-order valence-corrected chi connectivity index (χ1v) is 12.7. The first-order valence-electron chi connectivity index (χ1n) is 12.7. The fraction of sp³-hybridized carbons (Fsp3) is 0.367. The monoisotopic (exact) mass is 470 g/mol. The molecule has 1 saturated carbocycles. The van der Waals surface area contributed by atoms with Gasteiger partial charge >= 0.3 is 6.03 Å². The largest absolute Gasteiger partial charge is 0.388 e. The van der Waals surface area contributed by atoms with Crippen LogP contribution < -0.4 is 0 Å². The van der Waals surface area contributed by atoms with Gasteiger partial charge in [0.15, 0.2) is 0 Å². The summed E-state index contributed by atoms with van der Waals surface area (Å²) < 4.78 is 0. The third kappa shape index (κ3) is 5.58. The summed E-state index contributed by atoms with van der Waals surface area (Å²) in [7, 11) is 0. The fourth-order valence-corrected chi connectivity index (χ4v) is 5.20. The summed E-state index contributed by atoms with van der Waals surface area (Å²) in [6.45, 7) is 1.00. The molecule has 1 heterocycles. The molecule has 2 aliphatic rings. The van der Waals surface area contributed by atoms with Gasteiger partial charge in [-0.1, -0.05) is 91.0 Å². The first kappa shape index (κ1) is 23.6. The molecule has 3 aromatic rings. The number of nitrogens with zero attached hydrogens (tertiary/aromatic N) is 2. The second kappa shape index (κ2) is 10.6. The number of hydrogen-bond acceptors (Lipinski definition) is 3. The van der Waals surface area contributed by atoms with E-state index in [0.717, 1.165) is 29.5 Å². The Balaban J connectivity index is 1.53. The Hall–Kier alpha value is -3.15. The quantitative estimate of drug-likeness (QED) is 0.517. The molecule has 5 heteroatoms. The zero-order valence-corrected chi connectivity index (χ0v) is 20.0. The third-order valence-corrected chi connectivity index (χ3v) is 7.35. The summed E-state index contributed by atoms with van der Waals surface area (Å²) in [6, 6.07) is 28.7. The molecule has 4 atom stereocenters. The summed E-state index contributed by atoms with van der Waals surface area (Å²) in [6.07, 6.45) is 1.08. The van der Waals surface area contributed by atoms with Gasteiger partial charge in [-0.25, -0.2) is 4.79 Å². The van der Waals surface area contributed by atoms with Crippen LogP contribution in [0.3, 0.4) is 0 Å². The Morgan fingerprint density at radius 3 is 1.51 bits per heavy atom. The van der Waals surface area contributed by atoms with Crippen LogP contribution in [0.2, 0.25) is 0 Å². The Labute approximate surface area is 207 Å². The summed E-state index contributed by atoms with van der Waals surface area (Å²) >= 11 is 0. The van der Waals surface area contributed by atoms with Crippen LogP contribution in [0.4, 0.5) is 4.79 Å². The second-order valence-electron chi connectivity index (χ2n) is 9.99. The van der Waals surface area contributed by atoms with Crippen molar-refractivity contribution in [2.24, 2.45) is 5.92 Å². The van der Waals surface area contributed by atoms with E-state index in [4.69, 9.17) is 0 Å². The van der Waals surface area contributed by atoms with Gasteiger partial charge in [-0.15, -0.1) is 0 Å². The van der Waals surface area contributed by atoms with E-state index in [0.29, 0.717) is 31.8 Å². The highest BCUT2D eigenvalue weighted by atomic mass is 16.3. The van der Waals surface area contributed by atoms with E-state index in [1.807, 2.05) is 95.9 Å². The first-order chi connectivity index (χ1) is 17.1. The topological polar surface area (TPSA) is 64.0 Å². The van der Waals surface area contributed by atoms with Crippen molar-refractivity contribution in [1.82, 2.24) is 9.80 Å². The highest BCUT2D eigenvalue weighted by molar-refractivity contribution is 5.76. The molecule has 3 aromatic carbocycles. The van der Waals surface area contributed by atoms with Gasteiger partial charge in [0.2, 0.25) is 0 Å². The van der Waals surface area contributed by atoms with E-state index in [9.17, 15) is 15.0 Å². The Bertz CT molecular complexity index is 1090. The van der Waals surface area contributed by atoms with Crippen molar-refractivity contribution in [3.8, 4) is 0 Å². The van der Waals surface area contributed by atoms with E-state index >= 15 is 0 Å². The van der Waals surface area contributed by atoms with Crippen LogP contribution in [-0.4, -0.2) is 56.9 Å². The molecule has 2 amide bonds. The number of carbonyl (C=O) groups excluding carboxylic acids is 1. The molecule has 1 aliphatic carbocycles. The summed E-state index contributed by atoms with van der Waals surface area (Å²) in [5, 5.41) is 23.2. The smallest absolute Gasteiger partial charge is 0.321 e. The molecule has 0 spiro atoms. The number of aliphatic hydroxyl groups is 2. The zero-order valence-electron chi connectivity index (χ0n) is 20.0. The van der Waals surface area contributed by atoms with Gasteiger partial charge in [0, 0.05) is 13.1 Å². The minimum Gasteiger partial charge on any atom is -0.388 e. The van der Waals surface area contributed by atoms with Gasteiger partial charge in [0.1, 0.15) is 12.2 Å². The van der Waals surface area contributed by atoms with Gasteiger partial charge in [-0.05, 0) is 48.3 Å². The molecule has 0 unspecified atom stereocenters. The van der Waals surface area contributed by atoms with Crippen LogP contribution in [0.1, 0.15) is 29.5 Å². The van der Waals surface area contributed by atoms with Gasteiger partial charge in [-0.3, -0.25) is 0 Å². The maximum absolute atomic E-state index is 14.2. The van der Waals surface area contributed by atoms with Gasteiger partial charge in [0.25, 0.3) is 0 Å². The van der Waals surface area contributed by atoms with E-state index in [1.165, 1.54) is 0 Å². The Kier molecular flexibility index (Phi) is 7.16. The Morgan fingerprint density at radius 1 is 0.629 bits per heavy atom. The molecular weight excluding hydrogens is 436 g/mol. The highest BCUT2D eigenvalue weighted by Crippen LogP contribution is 2.34. The molecule has 2 fully saturated rings. The predicted octanol–water partition coefficient (Wildman–Crippen LogP) is 4.28. The lowest BCUT2D eigenvalue weighted by Gasteiger charge is -2.36. The number of aliphatic hydroxyl groups excluding tert-OH is 2. The standard InChI is InChI=1S/C30H34N2O3/c33-28-26(18-22-10-4-1-5-11-22)31(20-24-14-8-3-9-15-24)30(35)32(21-25-16-17-25)27(29(28)34)19-23-12-6-2-7-13-23/h1-15,25-29,33-34H,16-21H2/t26-,27-,28+,29+/m1/s1. The van der Waals surface area contributed by atoms with Crippen molar-refractivity contribution in [3.63, 3.8) is 0 Å². The predicted molar refractivity (Wildman–Crippen MR) is 137 cm³/mol. The Morgan fingerprint density at radius 2 is 1.06 bits per heavy atom. The van der Waals surface area contributed by atoms with Crippen molar-refractivity contribution in [2.45, 2.75) is 56.5 Å². The van der Waals surface area contributed by atoms with E-state index in [1.54, 1.807) is 4.90 Å². The van der Waals surface area contributed by atoms with Gasteiger partial charge in [-0.2, -0.15) is 0 Å². The number of rotatable bonds is 8. The zero-order chi connectivity index (χ0) is 24.2. The average Bonchev–Trinajstić information content (AvgIpc) is 3.73. The fourth-order valence-electron chi connectivity index (χ4n) is 5.20. The number of hydrogen-bond donors (Lipinski definition) is 2. The van der Waals surface area contributed by atoms with Crippen LogP contribution in [0.15, 0.2) is 91.0 Å². The van der Waals surface area contributed by atoms with Crippen LogP contribution in [0.5, 0.6) is 0 Å². The molecule has 35 heavy (non-hydrogen) atoms. The van der Waals surface area contributed by atoms with Crippen LogP contribution in [0.25, 0.3) is 0 Å².